The number of amides is 4. The molecule has 0 aliphatic carbocycles. The van der Waals surface area contributed by atoms with Crippen LogP contribution in [0, 0.1) is 29.1 Å². The fourth-order valence-electron chi connectivity index (χ4n) is 7.28. The molecule has 3 atom stereocenters. The molecule has 0 bridgehead atoms. The predicted molar refractivity (Wildman–Crippen MR) is 238 cm³/mol. The smallest absolute Gasteiger partial charge is 0.315 e. The van der Waals surface area contributed by atoms with Crippen LogP contribution < -0.4 is 36.1 Å². The van der Waals surface area contributed by atoms with E-state index in [0.717, 1.165) is 18.6 Å². The highest BCUT2D eigenvalue weighted by Crippen LogP contribution is 2.36. The summed E-state index contributed by atoms with van der Waals surface area (Å²) >= 11 is 7.68. The van der Waals surface area contributed by atoms with Crippen molar-refractivity contribution in [3.05, 3.63) is 86.8 Å². The first-order valence-corrected chi connectivity index (χ1v) is 22.5. The third kappa shape index (κ3) is 13.8. The maximum Gasteiger partial charge on any atom is 0.315 e. The van der Waals surface area contributed by atoms with Gasteiger partial charge in [-0.15, -0.1) is 0 Å². The lowest BCUT2D eigenvalue weighted by atomic mass is 10.0. The summed E-state index contributed by atoms with van der Waals surface area (Å²) in [7, 11) is 1.44. The molecule has 18 nitrogen and oxygen atoms in total. The quantitative estimate of drug-likeness (QED) is 0.00860. The molecule has 67 heavy (non-hydrogen) atoms. The van der Waals surface area contributed by atoms with E-state index < -0.39 is 59.3 Å². The largest absolute Gasteiger partial charge is 0.493 e. The number of nitrogens with one attached hydrogen (secondary N) is 5. The van der Waals surface area contributed by atoms with Crippen molar-refractivity contribution in [1.82, 2.24) is 36.1 Å². The van der Waals surface area contributed by atoms with Gasteiger partial charge in [0.25, 0.3) is 0 Å². The van der Waals surface area contributed by atoms with E-state index in [-0.39, 0.29) is 87.4 Å². The number of benzene rings is 3. The van der Waals surface area contributed by atoms with Gasteiger partial charge in [0.05, 0.1) is 63.4 Å². The number of nitrogens with zero attached hydrogens (tertiary/aromatic N) is 6. The maximum atomic E-state index is 15.0. The van der Waals surface area contributed by atoms with Gasteiger partial charge >= 0.3 is 6.03 Å². The number of urea groups is 1. The van der Waals surface area contributed by atoms with E-state index in [0.29, 0.717) is 46.3 Å². The summed E-state index contributed by atoms with van der Waals surface area (Å²) in [5.41, 5.74) is 6.72. The molecule has 2 fully saturated rings. The first kappa shape index (κ1) is 50.5. The number of fused-ring (bicyclic) bond motifs is 2. The number of aromatic nitrogens is 2. The van der Waals surface area contributed by atoms with Crippen LogP contribution in [0.5, 0.6) is 11.5 Å². The molecule has 5 N–H and O–H groups in total. The standard InChI is InChI=1S/C42H47ClF5N11O7S/c1-63-30-17-24-28(52-22-53-41(24)54-27-7-6-23(43)16-26(27)44)18-31(30)66-15-14-65-12-9-51-34(61)20-59(19-25-35(45)37(47)40(57-58-49)38(48)36(25)46)10-13-64-11-8-50-33(60)5-3-2-4-32-39-29(21-67-32)55-42(62)56-39/h6-7,16-18,22,29,32,39H,2-5,8-15,19-21H2,1H3,(H,50,60)(H,51,61)(H,52,53,54)(H2,55,56,62). The number of halogens is 6. The van der Waals surface area contributed by atoms with E-state index in [9.17, 15) is 36.3 Å². The van der Waals surface area contributed by atoms with Crippen LogP contribution in [0.25, 0.3) is 21.3 Å². The number of unbranched alkanes of at least 4 members (excludes halogenated alkanes) is 1. The van der Waals surface area contributed by atoms with Gasteiger partial charge in [-0.25, -0.2) is 36.7 Å². The molecule has 1 aromatic heterocycles. The van der Waals surface area contributed by atoms with Crippen molar-refractivity contribution >= 4 is 69.3 Å². The highest BCUT2D eigenvalue weighted by molar-refractivity contribution is 8.00. The summed E-state index contributed by atoms with van der Waals surface area (Å²) in [4.78, 5) is 48.8. The molecule has 0 spiro atoms. The van der Waals surface area contributed by atoms with Gasteiger partial charge < -0.3 is 45.5 Å². The van der Waals surface area contributed by atoms with Crippen LogP contribution in [0.3, 0.4) is 0 Å². The Balaban J connectivity index is 0.930. The van der Waals surface area contributed by atoms with Gasteiger partial charge in [-0.1, -0.05) is 23.1 Å². The second-order valence-corrected chi connectivity index (χ2v) is 16.8. The molecule has 25 heteroatoms. The van der Waals surface area contributed by atoms with Crippen molar-refractivity contribution in [2.45, 2.75) is 49.6 Å². The van der Waals surface area contributed by atoms with Crippen LogP contribution >= 0.6 is 23.4 Å². The number of anilines is 2. The Labute approximate surface area is 390 Å². The average molecular weight is 980 g/mol. The highest BCUT2D eigenvalue weighted by Gasteiger charge is 2.42. The van der Waals surface area contributed by atoms with Crippen LogP contribution in [-0.4, -0.2) is 122 Å². The topological polar surface area (TPSA) is 226 Å². The molecule has 2 saturated heterocycles. The van der Waals surface area contributed by atoms with Gasteiger partial charge in [0.2, 0.25) is 11.8 Å². The molecule has 2 aliphatic rings. The summed E-state index contributed by atoms with van der Waals surface area (Å²) < 4.78 is 96.2. The number of carbonyl (C=O) groups is 3. The number of methoxy groups -OCH3 is 1. The van der Waals surface area contributed by atoms with Crippen molar-refractivity contribution in [2.24, 2.45) is 5.11 Å². The number of carbonyl (C=O) groups excluding carboxylic acids is 3. The zero-order valence-corrected chi connectivity index (χ0v) is 37.6. The SMILES string of the molecule is COc1cc2c(Nc3ccc(Cl)cc3F)ncnc2cc1OCCOCCNC(=O)CN(CCOCCNC(=O)CCCCC1SCC2NC(=O)NC21)Cc1c(F)c(F)c(N=[N+]=[N-])c(F)c1F. The van der Waals surface area contributed by atoms with Gasteiger partial charge in [-0.3, -0.25) is 14.5 Å². The summed E-state index contributed by atoms with van der Waals surface area (Å²) in [6, 6.07) is 7.52. The predicted octanol–water partition coefficient (Wildman–Crippen LogP) is 6.55. The number of hydrogen-bond donors (Lipinski definition) is 5. The molecule has 4 aromatic rings. The summed E-state index contributed by atoms with van der Waals surface area (Å²) in [5, 5.41) is 17.9. The minimum atomic E-state index is -1.89. The molecule has 2 aliphatic heterocycles. The van der Waals surface area contributed by atoms with Gasteiger partial charge in [0.1, 0.15) is 30.3 Å². The maximum absolute atomic E-state index is 15.0. The van der Waals surface area contributed by atoms with Gasteiger partial charge in [-0.2, -0.15) is 11.8 Å². The Morgan fingerprint density at radius 2 is 1.69 bits per heavy atom. The molecule has 4 amide bonds. The second kappa shape index (κ2) is 24.7. The lowest BCUT2D eigenvalue weighted by molar-refractivity contribution is -0.123. The number of azide groups is 1. The van der Waals surface area contributed by atoms with Gasteiger partial charge in [0, 0.05) is 70.6 Å². The molecule has 3 unspecified atom stereocenters. The molecular weight excluding hydrogens is 933 g/mol. The normalized spacial score (nSPS) is 16.3. The fourth-order valence-corrected chi connectivity index (χ4v) is 8.99. The Morgan fingerprint density at radius 1 is 0.940 bits per heavy atom. The highest BCUT2D eigenvalue weighted by atomic mass is 35.5. The van der Waals surface area contributed by atoms with E-state index >= 15 is 0 Å². The Hall–Kier alpha value is -5.91. The third-order valence-electron chi connectivity index (χ3n) is 10.6. The van der Waals surface area contributed by atoms with Gasteiger partial charge in [-0.05, 0) is 42.6 Å². The van der Waals surface area contributed by atoms with E-state index in [1.807, 2.05) is 0 Å². The average Bonchev–Trinajstić information content (AvgIpc) is 3.87. The van der Waals surface area contributed by atoms with Crippen LogP contribution in [0.1, 0.15) is 31.2 Å². The summed E-state index contributed by atoms with van der Waals surface area (Å²) in [6.07, 6.45) is 3.95. The van der Waals surface area contributed by atoms with E-state index in [2.05, 4.69) is 46.6 Å². The third-order valence-corrected chi connectivity index (χ3v) is 12.3. The Kier molecular flexibility index (Phi) is 18.6. The molecule has 360 valence electrons. The van der Waals surface area contributed by atoms with Crippen molar-refractivity contribution in [2.75, 3.05) is 77.4 Å². The number of ether oxygens (including phenoxy) is 4. The minimum Gasteiger partial charge on any atom is -0.493 e. The second-order valence-electron chi connectivity index (χ2n) is 15.1. The summed E-state index contributed by atoms with van der Waals surface area (Å²) in [6.45, 7) is -1.09. The molecular formula is C42H47ClF5N11O7S. The van der Waals surface area contributed by atoms with Crippen LogP contribution in [0.2, 0.25) is 5.02 Å². The van der Waals surface area contributed by atoms with Crippen molar-refractivity contribution in [3.63, 3.8) is 0 Å². The van der Waals surface area contributed by atoms with E-state index in [1.165, 1.54) is 36.5 Å². The van der Waals surface area contributed by atoms with E-state index in [4.69, 9.17) is 36.1 Å². The van der Waals surface area contributed by atoms with E-state index in [1.54, 1.807) is 23.9 Å². The lowest BCUT2D eigenvalue weighted by Gasteiger charge is -2.23. The van der Waals surface area contributed by atoms with Crippen molar-refractivity contribution in [3.8, 4) is 11.5 Å². The Bertz CT molecular complexity index is 2430. The zero-order chi connectivity index (χ0) is 47.9. The van der Waals surface area contributed by atoms with Crippen LogP contribution in [0.15, 0.2) is 41.8 Å². The number of rotatable bonds is 26. The number of thioether (sulfide) groups is 1. The molecule has 0 saturated carbocycles. The minimum absolute atomic E-state index is 0.00609. The van der Waals surface area contributed by atoms with Crippen LogP contribution in [-0.2, 0) is 25.6 Å². The Morgan fingerprint density at radius 3 is 2.42 bits per heavy atom. The van der Waals surface area contributed by atoms with Crippen molar-refractivity contribution in [1.29, 1.82) is 0 Å². The number of hydrogen-bond acceptors (Lipinski definition) is 13. The fraction of sp³-hybridized carbons (Fsp3) is 0.452. The molecule has 3 aromatic carbocycles. The van der Waals surface area contributed by atoms with Crippen molar-refractivity contribution < 1.29 is 55.3 Å². The molecule has 6 rings (SSSR count). The molecule has 0 radical (unpaired) electrons. The summed E-state index contributed by atoms with van der Waals surface area (Å²) in [5.74, 6) is -6.89. The van der Waals surface area contributed by atoms with Crippen LogP contribution in [0.4, 0.5) is 43.9 Å². The zero-order valence-electron chi connectivity index (χ0n) is 36.0. The lowest BCUT2D eigenvalue weighted by Crippen LogP contribution is -2.40. The van der Waals surface area contributed by atoms with Gasteiger partial charge in [0.15, 0.2) is 34.8 Å². The molecule has 3 heterocycles. The monoisotopic (exact) mass is 979 g/mol. The first-order valence-electron chi connectivity index (χ1n) is 21.0. The first-order chi connectivity index (χ1) is 32.4.